The molecule has 0 spiro atoms. The van der Waals surface area contributed by atoms with Gasteiger partial charge in [0.2, 0.25) is 0 Å². The molecule has 0 amide bonds. The Kier molecular flexibility index (Phi) is 6.56. The van der Waals surface area contributed by atoms with Crippen LogP contribution in [0.5, 0.6) is 11.5 Å². The summed E-state index contributed by atoms with van der Waals surface area (Å²) in [6.07, 6.45) is 8.79. The van der Waals surface area contributed by atoms with Crippen LogP contribution in [0.1, 0.15) is 50.3 Å². The van der Waals surface area contributed by atoms with E-state index in [0.29, 0.717) is 24.3 Å². The van der Waals surface area contributed by atoms with Crippen LogP contribution < -0.4 is 9.47 Å². The highest BCUT2D eigenvalue weighted by atomic mass is 16.5. The van der Waals surface area contributed by atoms with E-state index in [0.717, 1.165) is 40.3 Å². The standard InChI is InChI=1S/C26H28O4/c1-6-24(28)30-26-20-12-10-17(4)14-22(20)25(29-18(5)27)21-13-11-19(15-23(21)26)9-7-8-16(2)3/h6,8,10-12,14H,1,7,9,13,15H2,2-5H3. The second-order valence-electron chi connectivity index (χ2n) is 7.95. The topological polar surface area (TPSA) is 52.6 Å². The van der Waals surface area contributed by atoms with Crippen LogP contribution in [0.2, 0.25) is 0 Å². The van der Waals surface area contributed by atoms with Crippen molar-refractivity contribution >= 4 is 22.7 Å². The second-order valence-corrected chi connectivity index (χ2v) is 7.95. The lowest BCUT2D eigenvalue weighted by Crippen LogP contribution is -2.14. The molecule has 0 atom stereocenters. The van der Waals surface area contributed by atoms with E-state index in [4.69, 9.17) is 9.47 Å². The molecule has 0 fully saturated rings. The van der Waals surface area contributed by atoms with Crippen molar-refractivity contribution in [3.63, 3.8) is 0 Å². The highest BCUT2D eigenvalue weighted by Gasteiger charge is 2.26. The van der Waals surface area contributed by atoms with Gasteiger partial charge in [0.1, 0.15) is 11.5 Å². The number of benzene rings is 2. The molecule has 30 heavy (non-hydrogen) atoms. The molecule has 3 rings (SSSR count). The van der Waals surface area contributed by atoms with Gasteiger partial charge in [-0.15, -0.1) is 0 Å². The first-order valence-electron chi connectivity index (χ1n) is 10.2. The van der Waals surface area contributed by atoms with Crippen molar-refractivity contribution in [3.8, 4) is 11.5 Å². The van der Waals surface area contributed by atoms with Crippen molar-refractivity contribution in [3.05, 3.63) is 70.8 Å². The van der Waals surface area contributed by atoms with E-state index in [1.165, 1.54) is 24.1 Å². The summed E-state index contributed by atoms with van der Waals surface area (Å²) in [6.45, 7) is 11.1. The monoisotopic (exact) mass is 404 g/mol. The van der Waals surface area contributed by atoms with E-state index in [2.05, 4.69) is 32.6 Å². The number of fused-ring (bicyclic) bond motifs is 2. The van der Waals surface area contributed by atoms with Crippen molar-refractivity contribution in [2.75, 3.05) is 0 Å². The number of allylic oxidation sites excluding steroid dienone is 4. The Morgan fingerprint density at radius 1 is 1.07 bits per heavy atom. The van der Waals surface area contributed by atoms with Crippen LogP contribution >= 0.6 is 0 Å². The first-order valence-corrected chi connectivity index (χ1v) is 10.2. The van der Waals surface area contributed by atoms with E-state index < -0.39 is 5.97 Å². The molecule has 0 N–H and O–H groups in total. The second kappa shape index (κ2) is 9.12. The highest BCUT2D eigenvalue weighted by Crippen LogP contribution is 2.45. The van der Waals surface area contributed by atoms with E-state index >= 15 is 0 Å². The predicted octanol–water partition coefficient (Wildman–Crippen LogP) is 5.94. The zero-order chi connectivity index (χ0) is 21.8. The molecule has 2 aromatic carbocycles. The predicted molar refractivity (Wildman–Crippen MR) is 120 cm³/mol. The van der Waals surface area contributed by atoms with Crippen molar-refractivity contribution in [2.45, 2.75) is 53.4 Å². The molecule has 2 aromatic rings. The van der Waals surface area contributed by atoms with Gasteiger partial charge in [-0.1, -0.05) is 47.6 Å². The minimum Gasteiger partial charge on any atom is -0.426 e. The summed E-state index contributed by atoms with van der Waals surface area (Å²) in [6, 6.07) is 5.85. The molecule has 4 heteroatoms. The van der Waals surface area contributed by atoms with Crippen molar-refractivity contribution in [1.82, 2.24) is 0 Å². The lowest BCUT2D eigenvalue weighted by molar-refractivity contribution is -0.132. The maximum absolute atomic E-state index is 12.1. The van der Waals surface area contributed by atoms with Crippen molar-refractivity contribution in [2.24, 2.45) is 0 Å². The molecule has 0 aromatic heterocycles. The minimum atomic E-state index is -0.500. The summed E-state index contributed by atoms with van der Waals surface area (Å²) in [5.74, 6) is 0.233. The number of esters is 2. The fourth-order valence-electron chi connectivity index (χ4n) is 3.85. The SMILES string of the molecule is C=CC(=O)Oc1c2c(c(OC(C)=O)c3cc(C)ccc13)CC=C(CCC=C(C)C)C2. The first-order chi connectivity index (χ1) is 14.3. The number of aryl methyl sites for hydroxylation is 1. The molecule has 0 bridgehead atoms. The zero-order valence-corrected chi connectivity index (χ0v) is 18.1. The summed E-state index contributed by atoms with van der Waals surface area (Å²) < 4.78 is 11.4. The Labute approximate surface area is 177 Å². The van der Waals surface area contributed by atoms with Crippen LogP contribution in [0.25, 0.3) is 10.8 Å². The average molecular weight is 405 g/mol. The molecular weight excluding hydrogens is 376 g/mol. The third kappa shape index (κ3) is 4.70. The first kappa shape index (κ1) is 21.6. The Hall–Kier alpha value is -3.14. The smallest absolute Gasteiger partial charge is 0.335 e. The van der Waals surface area contributed by atoms with Crippen molar-refractivity contribution < 1.29 is 19.1 Å². The molecule has 0 radical (unpaired) electrons. The Morgan fingerprint density at radius 2 is 1.80 bits per heavy atom. The fraction of sp³-hybridized carbons (Fsp3) is 0.308. The van der Waals surface area contributed by atoms with Gasteiger partial charge in [0.05, 0.1) is 0 Å². The minimum absolute atomic E-state index is 0.367. The third-order valence-corrected chi connectivity index (χ3v) is 5.21. The van der Waals surface area contributed by atoms with Gasteiger partial charge in [-0.2, -0.15) is 0 Å². The van der Waals surface area contributed by atoms with E-state index in [1.807, 2.05) is 25.1 Å². The largest absolute Gasteiger partial charge is 0.426 e. The summed E-state index contributed by atoms with van der Waals surface area (Å²) in [4.78, 5) is 24.0. The molecular formula is C26H28O4. The van der Waals surface area contributed by atoms with Gasteiger partial charge in [0.25, 0.3) is 0 Å². The summed E-state index contributed by atoms with van der Waals surface area (Å²) >= 11 is 0. The van der Waals surface area contributed by atoms with Gasteiger partial charge in [-0.25, -0.2) is 4.79 Å². The quantitative estimate of drug-likeness (QED) is 0.259. The zero-order valence-electron chi connectivity index (χ0n) is 18.1. The van der Waals surface area contributed by atoms with Gasteiger partial charge < -0.3 is 9.47 Å². The highest BCUT2D eigenvalue weighted by molar-refractivity contribution is 6.00. The van der Waals surface area contributed by atoms with Gasteiger partial charge >= 0.3 is 11.9 Å². The number of rotatable bonds is 6. The van der Waals surface area contributed by atoms with Gasteiger partial charge in [0, 0.05) is 34.9 Å². The molecule has 0 heterocycles. The van der Waals surface area contributed by atoms with Crippen molar-refractivity contribution in [1.29, 1.82) is 0 Å². The molecule has 0 unspecified atom stereocenters. The van der Waals surface area contributed by atoms with E-state index in [-0.39, 0.29) is 5.97 Å². The maximum atomic E-state index is 12.1. The average Bonchev–Trinajstić information content (AvgIpc) is 2.69. The molecule has 0 aliphatic heterocycles. The molecule has 4 nitrogen and oxygen atoms in total. The molecule has 156 valence electrons. The normalized spacial score (nSPS) is 12.6. The van der Waals surface area contributed by atoms with Crippen LogP contribution in [0.3, 0.4) is 0 Å². The fourth-order valence-corrected chi connectivity index (χ4v) is 3.85. The van der Waals surface area contributed by atoms with Gasteiger partial charge in [-0.3, -0.25) is 4.79 Å². The molecule has 0 saturated heterocycles. The van der Waals surface area contributed by atoms with Crippen LogP contribution in [-0.2, 0) is 22.4 Å². The summed E-state index contributed by atoms with van der Waals surface area (Å²) in [5, 5.41) is 1.54. The van der Waals surface area contributed by atoms with Crippen LogP contribution in [0, 0.1) is 6.92 Å². The van der Waals surface area contributed by atoms with Crippen LogP contribution in [0.15, 0.2) is 54.2 Å². The van der Waals surface area contributed by atoms with Gasteiger partial charge in [0.15, 0.2) is 0 Å². The number of hydrogen-bond acceptors (Lipinski definition) is 4. The lowest BCUT2D eigenvalue weighted by Gasteiger charge is -2.24. The van der Waals surface area contributed by atoms with E-state index in [9.17, 15) is 9.59 Å². The Bertz CT molecular complexity index is 1080. The molecule has 1 aliphatic carbocycles. The number of carbonyl (C=O) groups is 2. The lowest BCUT2D eigenvalue weighted by atomic mass is 9.85. The van der Waals surface area contributed by atoms with Gasteiger partial charge in [-0.05, 0) is 52.5 Å². The number of ether oxygens (including phenoxy) is 2. The Balaban J connectivity index is 2.18. The third-order valence-electron chi connectivity index (χ3n) is 5.21. The number of carbonyl (C=O) groups excluding carboxylic acids is 2. The van der Waals surface area contributed by atoms with Crippen LogP contribution in [0.4, 0.5) is 0 Å². The summed E-state index contributed by atoms with van der Waals surface area (Å²) in [7, 11) is 0. The summed E-state index contributed by atoms with van der Waals surface area (Å²) in [5.41, 5.74) is 5.43. The van der Waals surface area contributed by atoms with Crippen LogP contribution in [-0.4, -0.2) is 11.9 Å². The molecule has 0 saturated carbocycles. The van der Waals surface area contributed by atoms with E-state index in [1.54, 1.807) is 0 Å². The Morgan fingerprint density at radius 3 is 2.47 bits per heavy atom. The number of hydrogen-bond donors (Lipinski definition) is 0. The molecule has 1 aliphatic rings. The maximum Gasteiger partial charge on any atom is 0.335 e.